The van der Waals surface area contributed by atoms with Crippen LogP contribution in [0.15, 0.2) is 18.2 Å². The number of fused-ring (bicyclic) bond motifs is 1. The fraction of sp³-hybridized carbons (Fsp3) is 0.364. The van der Waals surface area contributed by atoms with Crippen molar-refractivity contribution in [3.05, 3.63) is 23.8 Å². The Morgan fingerprint density at radius 2 is 2.11 bits per heavy atom. The SMILES string of the molecule is CCN1C(=O)Cc2cc(NS(=O)(=O)NC)ccc21. The lowest BCUT2D eigenvalue weighted by molar-refractivity contribution is -0.117. The maximum absolute atomic E-state index is 11.7. The first kappa shape index (κ1) is 12.8. The van der Waals surface area contributed by atoms with Crippen LogP contribution in [0.2, 0.25) is 0 Å². The Kier molecular flexibility index (Phi) is 3.27. The molecule has 1 amide bonds. The second-order valence-corrected chi connectivity index (χ2v) is 5.59. The van der Waals surface area contributed by atoms with Crippen LogP contribution in [-0.2, 0) is 21.4 Å². The molecule has 1 aliphatic rings. The number of nitrogens with one attached hydrogen (secondary N) is 2. The summed E-state index contributed by atoms with van der Waals surface area (Å²) in [4.78, 5) is 13.4. The Morgan fingerprint density at radius 1 is 1.39 bits per heavy atom. The highest BCUT2D eigenvalue weighted by Crippen LogP contribution is 2.31. The average molecular weight is 269 g/mol. The molecule has 1 aliphatic heterocycles. The van der Waals surface area contributed by atoms with E-state index in [1.165, 1.54) is 7.05 Å². The molecule has 0 atom stereocenters. The molecule has 0 saturated carbocycles. The molecule has 1 aromatic rings. The van der Waals surface area contributed by atoms with Gasteiger partial charge in [0.2, 0.25) is 5.91 Å². The van der Waals surface area contributed by atoms with Gasteiger partial charge in [0.05, 0.1) is 12.1 Å². The van der Waals surface area contributed by atoms with Gasteiger partial charge >= 0.3 is 0 Å². The lowest BCUT2D eigenvalue weighted by atomic mass is 10.1. The zero-order chi connectivity index (χ0) is 13.3. The number of anilines is 2. The van der Waals surface area contributed by atoms with E-state index in [4.69, 9.17) is 0 Å². The third-order valence-corrected chi connectivity index (χ3v) is 3.89. The second kappa shape index (κ2) is 4.58. The van der Waals surface area contributed by atoms with Crippen LogP contribution in [0.1, 0.15) is 12.5 Å². The van der Waals surface area contributed by atoms with Gasteiger partial charge in [-0.3, -0.25) is 9.52 Å². The summed E-state index contributed by atoms with van der Waals surface area (Å²) < 4.78 is 27.3. The molecule has 1 aromatic carbocycles. The van der Waals surface area contributed by atoms with Crippen LogP contribution in [0.25, 0.3) is 0 Å². The molecule has 7 heteroatoms. The van der Waals surface area contributed by atoms with Crippen LogP contribution in [0.4, 0.5) is 11.4 Å². The molecule has 0 radical (unpaired) electrons. The normalized spacial score (nSPS) is 14.8. The number of hydrogen-bond donors (Lipinski definition) is 2. The third kappa shape index (κ3) is 2.32. The van der Waals surface area contributed by atoms with E-state index < -0.39 is 10.2 Å². The number of carbonyl (C=O) groups excluding carboxylic acids is 1. The van der Waals surface area contributed by atoms with E-state index in [-0.39, 0.29) is 5.91 Å². The summed E-state index contributed by atoms with van der Waals surface area (Å²) in [6, 6.07) is 5.10. The van der Waals surface area contributed by atoms with Crippen LogP contribution in [0, 0.1) is 0 Å². The lowest BCUT2D eigenvalue weighted by Gasteiger charge is -2.15. The number of rotatable bonds is 4. The highest BCUT2D eigenvalue weighted by atomic mass is 32.2. The third-order valence-electron chi connectivity index (χ3n) is 2.85. The molecule has 0 aliphatic carbocycles. The molecule has 2 rings (SSSR count). The number of hydrogen-bond acceptors (Lipinski definition) is 3. The van der Waals surface area contributed by atoms with Gasteiger partial charge in [-0.2, -0.15) is 8.42 Å². The molecule has 2 N–H and O–H groups in total. The van der Waals surface area contributed by atoms with Crippen LogP contribution in [-0.4, -0.2) is 27.9 Å². The van der Waals surface area contributed by atoms with Gasteiger partial charge in [0.15, 0.2) is 0 Å². The fourth-order valence-corrected chi connectivity index (χ4v) is 2.54. The fourth-order valence-electron chi connectivity index (χ4n) is 2.00. The minimum absolute atomic E-state index is 0.0427. The summed E-state index contributed by atoms with van der Waals surface area (Å²) in [5, 5.41) is 0. The van der Waals surface area contributed by atoms with Gasteiger partial charge in [0.1, 0.15) is 0 Å². The molecule has 0 saturated heterocycles. The minimum atomic E-state index is -3.52. The van der Waals surface area contributed by atoms with Crippen molar-refractivity contribution < 1.29 is 13.2 Å². The standard InChI is InChI=1S/C11H15N3O3S/c1-3-14-10-5-4-9(13-18(16,17)12-2)6-8(10)7-11(14)15/h4-6,12-13H,3,7H2,1-2H3. The van der Waals surface area contributed by atoms with Crippen molar-refractivity contribution in [1.29, 1.82) is 0 Å². The van der Waals surface area contributed by atoms with Crippen LogP contribution in [0.3, 0.4) is 0 Å². The minimum Gasteiger partial charge on any atom is -0.312 e. The smallest absolute Gasteiger partial charge is 0.298 e. The Balaban J connectivity index is 2.31. The van der Waals surface area contributed by atoms with Gasteiger partial charge in [-0.05, 0) is 30.7 Å². The van der Waals surface area contributed by atoms with Gasteiger partial charge in [-0.25, -0.2) is 4.72 Å². The first-order valence-electron chi connectivity index (χ1n) is 5.61. The monoisotopic (exact) mass is 269 g/mol. The molecule has 0 spiro atoms. The van der Waals surface area contributed by atoms with Crippen molar-refractivity contribution in [2.75, 3.05) is 23.2 Å². The number of carbonyl (C=O) groups is 1. The van der Waals surface area contributed by atoms with E-state index >= 15 is 0 Å². The van der Waals surface area contributed by atoms with E-state index in [1.807, 2.05) is 6.92 Å². The summed E-state index contributed by atoms with van der Waals surface area (Å²) in [7, 11) is -2.19. The van der Waals surface area contributed by atoms with Crippen LogP contribution < -0.4 is 14.3 Å². The maximum atomic E-state index is 11.7. The molecular weight excluding hydrogens is 254 g/mol. The zero-order valence-electron chi connectivity index (χ0n) is 10.2. The first-order valence-corrected chi connectivity index (χ1v) is 7.09. The van der Waals surface area contributed by atoms with Gasteiger partial charge in [-0.15, -0.1) is 0 Å². The van der Waals surface area contributed by atoms with Gasteiger partial charge in [0.25, 0.3) is 10.2 Å². The lowest BCUT2D eigenvalue weighted by Crippen LogP contribution is -2.26. The zero-order valence-corrected chi connectivity index (χ0v) is 11.0. The number of amides is 1. The van der Waals surface area contributed by atoms with Crippen LogP contribution >= 0.6 is 0 Å². The van der Waals surface area contributed by atoms with Crippen molar-refractivity contribution in [3.8, 4) is 0 Å². The second-order valence-electron chi connectivity index (χ2n) is 3.97. The molecule has 1 heterocycles. The van der Waals surface area contributed by atoms with Crippen molar-refractivity contribution in [2.45, 2.75) is 13.3 Å². The highest BCUT2D eigenvalue weighted by Gasteiger charge is 2.26. The van der Waals surface area contributed by atoms with Crippen molar-refractivity contribution in [3.63, 3.8) is 0 Å². The Hall–Kier alpha value is -1.60. The van der Waals surface area contributed by atoms with Gasteiger partial charge in [-0.1, -0.05) is 0 Å². The Bertz CT molecular complexity index is 583. The first-order chi connectivity index (χ1) is 8.46. The molecule has 0 bridgehead atoms. The van der Waals surface area contributed by atoms with Crippen molar-refractivity contribution in [2.24, 2.45) is 0 Å². The predicted molar refractivity (Wildman–Crippen MR) is 69.8 cm³/mol. The van der Waals surface area contributed by atoms with E-state index in [0.717, 1.165) is 11.3 Å². The largest absolute Gasteiger partial charge is 0.312 e. The summed E-state index contributed by atoms with van der Waals surface area (Å²) in [5.41, 5.74) is 2.15. The molecule has 0 aromatic heterocycles. The molecule has 18 heavy (non-hydrogen) atoms. The van der Waals surface area contributed by atoms with Gasteiger partial charge < -0.3 is 4.90 Å². The Labute approximate surface area is 106 Å². The van der Waals surface area contributed by atoms with Crippen molar-refractivity contribution in [1.82, 2.24) is 4.72 Å². The average Bonchev–Trinajstić information content (AvgIpc) is 2.63. The summed E-state index contributed by atoms with van der Waals surface area (Å²) in [6.45, 7) is 2.53. The summed E-state index contributed by atoms with van der Waals surface area (Å²) >= 11 is 0. The maximum Gasteiger partial charge on any atom is 0.298 e. The van der Waals surface area contributed by atoms with E-state index in [2.05, 4.69) is 9.44 Å². The highest BCUT2D eigenvalue weighted by molar-refractivity contribution is 7.90. The van der Waals surface area contributed by atoms with E-state index in [0.29, 0.717) is 18.7 Å². The summed E-state index contributed by atoms with van der Waals surface area (Å²) in [6.07, 6.45) is 0.318. The topological polar surface area (TPSA) is 78.5 Å². The number of benzene rings is 1. The molecule has 98 valence electrons. The molecule has 0 unspecified atom stereocenters. The van der Waals surface area contributed by atoms with Crippen LogP contribution in [0.5, 0.6) is 0 Å². The quantitative estimate of drug-likeness (QED) is 0.834. The van der Waals surface area contributed by atoms with Crippen molar-refractivity contribution >= 4 is 27.5 Å². The number of nitrogens with zero attached hydrogens (tertiary/aromatic N) is 1. The molecule has 6 nitrogen and oxygen atoms in total. The van der Waals surface area contributed by atoms with Gasteiger partial charge in [0, 0.05) is 19.3 Å². The molecular formula is C11H15N3O3S. The Morgan fingerprint density at radius 3 is 2.72 bits per heavy atom. The van der Waals surface area contributed by atoms with E-state index in [9.17, 15) is 13.2 Å². The molecule has 0 fully saturated rings. The number of likely N-dealkylation sites (N-methyl/N-ethyl adjacent to an activating group) is 1. The summed E-state index contributed by atoms with van der Waals surface area (Å²) in [5.74, 6) is 0.0427. The predicted octanol–water partition coefficient (Wildman–Crippen LogP) is 0.472. The van der Waals surface area contributed by atoms with E-state index in [1.54, 1.807) is 23.1 Å².